The summed E-state index contributed by atoms with van der Waals surface area (Å²) in [7, 11) is 0. The van der Waals surface area contributed by atoms with Gasteiger partial charge < -0.3 is 20.7 Å². The Balaban J connectivity index is 3.15. The molecule has 2 atom stereocenters. The number of halogens is 3. The maximum atomic E-state index is 12.7. The largest absolute Gasteiger partial charge is 0.544 e. The number of carboxylic acids is 1. The molecule has 0 radical (unpaired) electrons. The molecule has 0 aliphatic rings. The molecule has 4 N–H and O–H groups in total. The Kier molecular flexibility index (Phi) is 3.62. The van der Waals surface area contributed by atoms with Gasteiger partial charge in [0.1, 0.15) is 23.7 Å². The molecule has 7 heteroatoms. The molecule has 0 bridgehead atoms. The second kappa shape index (κ2) is 4.62. The minimum atomic E-state index is -4.75. The van der Waals surface area contributed by atoms with Crippen LogP contribution in [-0.4, -0.2) is 23.3 Å². The quantitative estimate of drug-likeness (QED) is 0.749. The van der Waals surface area contributed by atoms with Crippen LogP contribution in [0, 0.1) is 0 Å². The first-order valence-electron chi connectivity index (χ1n) is 4.63. The van der Waals surface area contributed by atoms with E-state index in [-0.39, 0.29) is 11.3 Å². The van der Waals surface area contributed by atoms with Crippen molar-refractivity contribution in [1.29, 1.82) is 0 Å². The van der Waals surface area contributed by atoms with Crippen LogP contribution in [0.15, 0.2) is 24.3 Å². The number of aromatic hydroxyl groups is 1. The van der Waals surface area contributed by atoms with Crippen LogP contribution in [0.1, 0.15) is 11.5 Å². The van der Waals surface area contributed by atoms with Crippen LogP contribution in [0.2, 0.25) is 0 Å². The lowest BCUT2D eigenvalue weighted by Crippen LogP contribution is -2.72. The molecule has 94 valence electrons. The van der Waals surface area contributed by atoms with Gasteiger partial charge in [-0.3, -0.25) is 0 Å². The Labute approximate surface area is 94.5 Å². The molecule has 0 saturated carbocycles. The van der Waals surface area contributed by atoms with E-state index in [1.54, 1.807) is 0 Å². The first kappa shape index (κ1) is 13.3. The van der Waals surface area contributed by atoms with Gasteiger partial charge in [-0.05, 0) is 17.7 Å². The Morgan fingerprint density at radius 1 is 1.29 bits per heavy atom. The Morgan fingerprint density at radius 3 is 2.12 bits per heavy atom. The van der Waals surface area contributed by atoms with E-state index in [0.29, 0.717) is 0 Å². The minimum Gasteiger partial charge on any atom is -0.544 e. The maximum Gasteiger partial charge on any atom is 0.401 e. The molecule has 0 aromatic heterocycles. The molecule has 1 rings (SSSR count). The minimum absolute atomic E-state index is 0.205. The standard InChI is InChI=1S/C10H10F3NO3/c11-10(12,13)7(8(14)9(16)17)5-1-3-6(15)4-2-5/h1-4,7-8,15H,14H2,(H,16,17)/t7-,8-/m0/s1. The van der Waals surface area contributed by atoms with Crippen LogP contribution in [-0.2, 0) is 4.79 Å². The molecule has 0 aliphatic heterocycles. The summed E-state index contributed by atoms with van der Waals surface area (Å²) in [5, 5.41) is 19.5. The second-order valence-corrected chi connectivity index (χ2v) is 3.54. The lowest BCUT2D eigenvalue weighted by Gasteiger charge is -2.24. The molecule has 0 saturated heterocycles. The highest BCUT2D eigenvalue weighted by Crippen LogP contribution is 2.36. The summed E-state index contributed by atoms with van der Waals surface area (Å²) in [6.07, 6.45) is -4.75. The number of rotatable bonds is 3. The van der Waals surface area contributed by atoms with Crippen LogP contribution in [0.4, 0.5) is 13.2 Å². The van der Waals surface area contributed by atoms with Gasteiger partial charge in [-0.1, -0.05) is 12.1 Å². The molecule has 1 aromatic carbocycles. The zero-order valence-corrected chi connectivity index (χ0v) is 8.57. The zero-order chi connectivity index (χ0) is 13.2. The van der Waals surface area contributed by atoms with Gasteiger partial charge in [0.15, 0.2) is 0 Å². The van der Waals surface area contributed by atoms with Crippen molar-refractivity contribution in [3.63, 3.8) is 0 Å². The summed E-state index contributed by atoms with van der Waals surface area (Å²) in [5.41, 5.74) is 2.68. The van der Waals surface area contributed by atoms with E-state index in [1.165, 1.54) is 0 Å². The highest BCUT2D eigenvalue weighted by molar-refractivity contribution is 5.71. The van der Waals surface area contributed by atoms with E-state index >= 15 is 0 Å². The third-order valence-corrected chi connectivity index (χ3v) is 2.31. The Morgan fingerprint density at radius 2 is 1.76 bits per heavy atom. The number of hydrogen-bond donors (Lipinski definition) is 2. The molecule has 0 amide bonds. The van der Waals surface area contributed by atoms with E-state index < -0.39 is 24.1 Å². The molecule has 0 fully saturated rings. The first-order valence-corrected chi connectivity index (χ1v) is 4.63. The molecular formula is C10H10F3NO3. The summed E-state index contributed by atoms with van der Waals surface area (Å²) < 4.78 is 38.2. The Hall–Kier alpha value is -1.76. The highest BCUT2D eigenvalue weighted by Gasteiger charge is 2.47. The fourth-order valence-electron chi connectivity index (χ4n) is 1.47. The number of carbonyl (C=O) groups is 1. The smallest absolute Gasteiger partial charge is 0.401 e. The number of carbonyl (C=O) groups excluding carboxylic acids is 1. The van der Waals surface area contributed by atoms with Crippen LogP contribution in [0.5, 0.6) is 5.75 Å². The van der Waals surface area contributed by atoms with Crippen LogP contribution in [0.3, 0.4) is 0 Å². The van der Waals surface area contributed by atoms with E-state index in [2.05, 4.69) is 5.73 Å². The van der Waals surface area contributed by atoms with Gasteiger partial charge in [-0.2, -0.15) is 13.2 Å². The van der Waals surface area contributed by atoms with Crippen molar-refractivity contribution in [2.45, 2.75) is 18.1 Å². The van der Waals surface area contributed by atoms with Gasteiger partial charge in [-0.15, -0.1) is 0 Å². The number of hydrogen-bond acceptors (Lipinski definition) is 3. The third-order valence-electron chi connectivity index (χ3n) is 2.31. The zero-order valence-electron chi connectivity index (χ0n) is 8.57. The van der Waals surface area contributed by atoms with Crippen molar-refractivity contribution in [1.82, 2.24) is 0 Å². The van der Waals surface area contributed by atoms with Crippen molar-refractivity contribution in [3.05, 3.63) is 29.8 Å². The number of quaternary nitrogens is 1. The average Bonchev–Trinajstić information content (AvgIpc) is 2.19. The molecule has 0 spiro atoms. The topological polar surface area (TPSA) is 88.0 Å². The molecule has 0 unspecified atom stereocenters. The number of benzene rings is 1. The second-order valence-electron chi connectivity index (χ2n) is 3.54. The fraction of sp³-hybridized carbons (Fsp3) is 0.300. The molecule has 17 heavy (non-hydrogen) atoms. The van der Waals surface area contributed by atoms with E-state index in [9.17, 15) is 23.1 Å². The van der Waals surface area contributed by atoms with Crippen LogP contribution < -0.4 is 10.8 Å². The van der Waals surface area contributed by atoms with Gasteiger partial charge in [0.25, 0.3) is 0 Å². The predicted molar refractivity (Wildman–Crippen MR) is 48.6 cm³/mol. The van der Waals surface area contributed by atoms with Crippen molar-refractivity contribution in [2.24, 2.45) is 0 Å². The van der Waals surface area contributed by atoms with Gasteiger partial charge in [0.05, 0.1) is 0 Å². The van der Waals surface area contributed by atoms with E-state index in [1.807, 2.05) is 0 Å². The molecular weight excluding hydrogens is 239 g/mol. The predicted octanol–water partition coefficient (Wildman–Crippen LogP) is -0.601. The van der Waals surface area contributed by atoms with Crippen LogP contribution in [0.25, 0.3) is 0 Å². The summed E-state index contributed by atoms with van der Waals surface area (Å²) in [6, 6.07) is 2.18. The summed E-state index contributed by atoms with van der Waals surface area (Å²) in [6.45, 7) is 0. The van der Waals surface area contributed by atoms with E-state index in [4.69, 9.17) is 5.11 Å². The fourth-order valence-corrected chi connectivity index (χ4v) is 1.47. The van der Waals surface area contributed by atoms with Gasteiger partial charge >= 0.3 is 6.18 Å². The van der Waals surface area contributed by atoms with Crippen molar-refractivity contribution in [2.75, 3.05) is 0 Å². The number of aliphatic carboxylic acids is 1. The SMILES string of the molecule is [NH3+][C@H](C(=O)[O-])[C@H](c1ccc(O)cc1)C(F)(F)F. The van der Waals surface area contributed by atoms with Gasteiger partial charge in [0.2, 0.25) is 0 Å². The van der Waals surface area contributed by atoms with Crippen molar-refractivity contribution >= 4 is 5.97 Å². The highest BCUT2D eigenvalue weighted by atomic mass is 19.4. The Bertz CT molecular complexity index is 402. The van der Waals surface area contributed by atoms with E-state index in [0.717, 1.165) is 24.3 Å². The monoisotopic (exact) mass is 249 g/mol. The average molecular weight is 249 g/mol. The molecule has 0 heterocycles. The van der Waals surface area contributed by atoms with Gasteiger partial charge in [-0.25, -0.2) is 0 Å². The van der Waals surface area contributed by atoms with Crippen LogP contribution >= 0.6 is 0 Å². The summed E-state index contributed by atoms with van der Waals surface area (Å²) in [4.78, 5) is 10.5. The number of phenolic OH excluding ortho intramolecular Hbond substituents is 1. The molecule has 0 aliphatic carbocycles. The first-order chi connectivity index (χ1) is 7.73. The summed E-state index contributed by atoms with van der Waals surface area (Å²) >= 11 is 0. The lowest BCUT2D eigenvalue weighted by atomic mass is 9.91. The third kappa shape index (κ3) is 3.10. The molecule has 1 aromatic rings. The number of carboxylic acid groups (broad SMARTS) is 1. The van der Waals surface area contributed by atoms with Crippen molar-refractivity contribution < 1.29 is 33.9 Å². The maximum absolute atomic E-state index is 12.7. The van der Waals surface area contributed by atoms with Gasteiger partial charge in [0, 0.05) is 0 Å². The lowest BCUT2D eigenvalue weighted by molar-refractivity contribution is -0.453. The van der Waals surface area contributed by atoms with Crippen molar-refractivity contribution in [3.8, 4) is 5.75 Å². The normalized spacial score (nSPS) is 15.3. The number of alkyl halides is 3. The molecule has 4 nitrogen and oxygen atoms in total. The number of phenols is 1. The summed E-state index contributed by atoms with van der Waals surface area (Å²) in [5.74, 6) is -4.34.